The number of likely N-dealkylation sites (N-methyl/N-ethyl adjacent to an activating group) is 1. The molecule has 2 N–H and O–H groups in total. The Labute approximate surface area is 112 Å². The second-order valence-electron chi connectivity index (χ2n) is 4.51. The van der Waals surface area contributed by atoms with E-state index in [0.717, 1.165) is 29.9 Å². The number of hydrogen-bond donors (Lipinski definition) is 1. The molecule has 0 aromatic heterocycles. The molecule has 0 saturated heterocycles. The lowest BCUT2D eigenvalue weighted by atomic mass is 10.2. The van der Waals surface area contributed by atoms with E-state index >= 15 is 0 Å². The maximum absolute atomic E-state index is 5.75. The molecular weight excluding hydrogens is 280 g/mol. The van der Waals surface area contributed by atoms with Gasteiger partial charge >= 0.3 is 0 Å². The molecule has 0 heterocycles. The van der Waals surface area contributed by atoms with Gasteiger partial charge in [0.1, 0.15) is 0 Å². The molecule has 1 aromatic carbocycles. The quantitative estimate of drug-likeness (QED) is 0.821. The van der Waals surface area contributed by atoms with E-state index < -0.39 is 0 Å². The summed E-state index contributed by atoms with van der Waals surface area (Å²) in [5.74, 6) is 0. The van der Waals surface area contributed by atoms with Crippen molar-refractivity contribution in [2.45, 2.75) is 26.5 Å². The second-order valence-corrected chi connectivity index (χ2v) is 5.37. The van der Waals surface area contributed by atoms with Crippen LogP contribution in [-0.4, -0.2) is 31.2 Å². The Morgan fingerprint density at radius 3 is 2.71 bits per heavy atom. The topological polar surface area (TPSA) is 38.5 Å². The van der Waals surface area contributed by atoms with Crippen molar-refractivity contribution < 1.29 is 4.74 Å². The molecule has 4 heteroatoms. The molecule has 0 atom stereocenters. The summed E-state index contributed by atoms with van der Waals surface area (Å²) in [6, 6.07) is 6.05. The Morgan fingerprint density at radius 1 is 1.41 bits per heavy atom. The Hall–Kier alpha value is -0.580. The molecule has 0 spiro atoms. The molecule has 17 heavy (non-hydrogen) atoms. The molecule has 0 aliphatic heterocycles. The summed E-state index contributed by atoms with van der Waals surface area (Å²) in [6.07, 6.45) is 0.300. The van der Waals surface area contributed by atoms with Crippen LogP contribution in [0.5, 0.6) is 0 Å². The third-order valence-corrected chi connectivity index (χ3v) is 3.13. The van der Waals surface area contributed by atoms with Crippen molar-refractivity contribution in [3.8, 4) is 0 Å². The summed E-state index contributed by atoms with van der Waals surface area (Å²) in [4.78, 5) is 2.24. The van der Waals surface area contributed by atoms with Crippen molar-refractivity contribution in [3.63, 3.8) is 0 Å². The monoisotopic (exact) mass is 300 g/mol. The zero-order valence-electron chi connectivity index (χ0n) is 10.7. The SMILES string of the molecule is CC(C)OCCN(C)Cc1ccc(N)c(Br)c1. The van der Waals surface area contributed by atoms with Crippen LogP contribution in [0.2, 0.25) is 0 Å². The van der Waals surface area contributed by atoms with Crippen LogP contribution in [0.1, 0.15) is 19.4 Å². The van der Waals surface area contributed by atoms with Crippen LogP contribution in [0.15, 0.2) is 22.7 Å². The van der Waals surface area contributed by atoms with Gasteiger partial charge in [-0.05, 0) is 54.5 Å². The molecule has 0 amide bonds. The van der Waals surface area contributed by atoms with Gasteiger partial charge in [-0.1, -0.05) is 6.07 Å². The van der Waals surface area contributed by atoms with E-state index in [1.807, 2.05) is 6.07 Å². The first-order chi connectivity index (χ1) is 7.99. The van der Waals surface area contributed by atoms with E-state index in [0.29, 0.717) is 6.10 Å². The smallest absolute Gasteiger partial charge is 0.0596 e. The van der Waals surface area contributed by atoms with Crippen molar-refractivity contribution in [2.75, 3.05) is 25.9 Å². The van der Waals surface area contributed by atoms with Gasteiger partial charge in [-0.2, -0.15) is 0 Å². The minimum absolute atomic E-state index is 0.300. The number of ether oxygens (including phenoxy) is 1. The molecule has 0 bridgehead atoms. The van der Waals surface area contributed by atoms with E-state index in [-0.39, 0.29) is 0 Å². The van der Waals surface area contributed by atoms with Gasteiger partial charge in [0.25, 0.3) is 0 Å². The fourth-order valence-electron chi connectivity index (χ4n) is 1.50. The van der Waals surface area contributed by atoms with Gasteiger partial charge in [0.15, 0.2) is 0 Å². The van der Waals surface area contributed by atoms with E-state index in [2.05, 4.69) is 53.9 Å². The fraction of sp³-hybridized carbons (Fsp3) is 0.538. The van der Waals surface area contributed by atoms with Gasteiger partial charge < -0.3 is 10.5 Å². The molecular formula is C13H21BrN2O. The first kappa shape index (κ1) is 14.5. The van der Waals surface area contributed by atoms with Crippen molar-refractivity contribution in [1.82, 2.24) is 4.90 Å². The van der Waals surface area contributed by atoms with Crippen molar-refractivity contribution in [3.05, 3.63) is 28.2 Å². The first-order valence-electron chi connectivity index (χ1n) is 5.83. The molecule has 3 nitrogen and oxygen atoms in total. The normalized spacial score (nSPS) is 11.4. The highest BCUT2D eigenvalue weighted by molar-refractivity contribution is 9.10. The number of halogens is 1. The van der Waals surface area contributed by atoms with Crippen LogP contribution in [0.3, 0.4) is 0 Å². The van der Waals surface area contributed by atoms with Crippen LogP contribution in [0.25, 0.3) is 0 Å². The molecule has 0 fully saturated rings. The third kappa shape index (κ3) is 5.52. The minimum atomic E-state index is 0.300. The van der Waals surface area contributed by atoms with E-state index in [1.54, 1.807) is 0 Å². The predicted molar refractivity (Wildman–Crippen MR) is 76.0 cm³/mol. The van der Waals surface area contributed by atoms with Crippen LogP contribution >= 0.6 is 15.9 Å². The predicted octanol–water partition coefficient (Wildman–Crippen LogP) is 2.89. The maximum atomic E-state index is 5.75. The Balaban J connectivity index is 2.39. The molecule has 0 aliphatic rings. The largest absolute Gasteiger partial charge is 0.398 e. The van der Waals surface area contributed by atoms with Crippen molar-refractivity contribution >= 4 is 21.6 Å². The van der Waals surface area contributed by atoms with Crippen LogP contribution in [0, 0.1) is 0 Å². The Morgan fingerprint density at radius 2 is 2.12 bits per heavy atom. The highest BCUT2D eigenvalue weighted by atomic mass is 79.9. The molecule has 0 unspecified atom stereocenters. The summed E-state index contributed by atoms with van der Waals surface area (Å²) >= 11 is 3.44. The summed E-state index contributed by atoms with van der Waals surface area (Å²) in [5.41, 5.74) is 7.78. The van der Waals surface area contributed by atoms with Crippen LogP contribution in [0.4, 0.5) is 5.69 Å². The minimum Gasteiger partial charge on any atom is -0.398 e. The van der Waals surface area contributed by atoms with Crippen molar-refractivity contribution in [2.24, 2.45) is 0 Å². The molecule has 0 radical (unpaired) electrons. The number of benzene rings is 1. The molecule has 1 aromatic rings. The number of rotatable bonds is 6. The van der Waals surface area contributed by atoms with Gasteiger partial charge in [-0.15, -0.1) is 0 Å². The van der Waals surface area contributed by atoms with Gasteiger partial charge in [-0.25, -0.2) is 0 Å². The van der Waals surface area contributed by atoms with E-state index in [1.165, 1.54) is 5.56 Å². The highest BCUT2D eigenvalue weighted by Gasteiger charge is 2.03. The average molecular weight is 301 g/mol. The zero-order valence-corrected chi connectivity index (χ0v) is 12.3. The Kier molecular flexibility index (Phi) is 5.95. The molecule has 1 rings (SSSR count). The number of nitrogens with zero attached hydrogens (tertiary/aromatic N) is 1. The van der Waals surface area contributed by atoms with Crippen LogP contribution < -0.4 is 5.73 Å². The van der Waals surface area contributed by atoms with E-state index in [9.17, 15) is 0 Å². The number of hydrogen-bond acceptors (Lipinski definition) is 3. The average Bonchev–Trinajstić information content (AvgIpc) is 2.23. The molecule has 0 saturated carbocycles. The Bertz CT molecular complexity index is 355. The number of nitrogen functional groups attached to an aromatic ring is 1. The molecule has 0 aliphatic carbocycles. The van der Waals surface area contributed by atoms with E-state index in [4.69, 9.17) is 10.5 Å². The van der Waals surface area contributed by atoms with Gasteiger partial charge in [0, 0.05) is 23.2 Å². The lowest BCUT2D eigenvalue weighted by Gasteiger charge is -2.18. The second kappa shape index (κ2) is 6.99. The first-order valence-corrected chi connectivity index (χ1v) is 6.62. The number of anilines is 1. The zero-order chi connectivity index (χ0) is 12.8. The van der Waals surface area contributed by atoms with Gasteiger partial charge in [-0.3, -0.25) is 4.90 Å². The summed E-state index contributed by atoms with van der Waals surface area (Å²) < 4.78 is 6.48. The molecule has 96 valence electrons. The van der Waals surface area contributed by atoms with Gasteiger partial charge in [0.05, 0.1) is 12.7 Å². The van der Waals surface area contributed by atoms with Crippen molar-refractivity contribution in [1.29, 1.82) is 0 Å². The van der Waals surface area contributed by atoms with Crippen LogP contribution in [-0.2, 0) is 11.3 Å². The summed E-state index contributed by atoms with van der Waals surface area (Å²) in [6.45, 7) is 6.71. The fourth-order valence-corrected chi connectivity index (χ4v) is 1.93. The standard InChI is InChI=1S/C13H21BrN2O/c1-10(2)17-7-6-16(3)9-11-4-5-13(15)12(14)8-11/h4-5,8,10H,6-7,9,15H2,1-3H3. The number of nitrogens with two attached hydrogens (primary N) is 1. The third-order valence-electron chi connectivity index (χ3n) is 2.44. The lowest BCUT2D eigenvalue weighted by Crippen LogP contribution is -2.24. The maximum Gasteiger partial charge on any atom is 0.0596 e. The van der Waals surface area contributed by atoms with Gasteiger partial charge in [0.2, 0.25) is 0 Å². The summed E-state index contributed by atoms with van der Waals surface area (Å²) in [5, 5.41) is 0. The lowest BCUT2D eigenvalue weighted by molar-refractivity contribution is 0.0627. The summed E-state index contributed by atoms with van der Waals surface area (Å²) in [7, 11) is 2.09. The highest BCUT2D eigenvalue weighted by Crippen LogP contribution is 2.20.